The van der Waals surface area contributed by atoms with Crippen LogP contribution in [0.15, 0.2) is 12.4 Å². The number of ketones is 1. The van der Waals surface area contributed by atoms with Gasteiger partial charge in [-0.3, -0.25) is 9.48 Å². The largest absolute Gasteiger partial charge is 0.390 e. The maximum Gasteiger partial charge on any atom is 0.157 e. The second-order valence-electron chi connectivity index (χ2n) is 11.0. The molecule has 29 heavy (non-hydrogen) atoms. The number of Topliss-reactive ketones (excluding diaryl/α,β-unsaturated/α-hetero) is 1. The smallest absolute Gasteiger partial charge is 0.157 e. The first-order valence-electron chi connectivity index (χ1n) is 11.5. The minimum Gasteiger partial charge on any atom is -0.390 e. The van der Waals surface area contributed by atoms with E-state index in [1.54, 1.807) is 10.9 Å². The molecule has 0 unspecified atom stereocenters. The summed E-state index contributed by atoms with van der Waals surface area (Å²) >= 11 is 0. The molecule has 0 saturated heterocycles. The van der Waals surface area contributed by atoms with Gasteiger partial charge in [-0.2, -0.15) is 10.4 Å². The quantitative estimate of drug-likeness (QED) is 0.840. The number of nitriles is 1. The minimum absolute atomic E-state index is 0.109. The van der Waals surface area contributed by atoms with Gasteiger partial charge in [0.2, 0.25) is 0 Å². The zero-order chi connectivity index (χ0) is 20.4. The first-order valence-corrected chi connectivity index (χ1v) is 11.5. The van der Waals surface area contributed by atoms with E-state index in [0.717, 1.165) is 37.5 Å². The molecule has 1 heterocycles. The minimum atomic E-state index is -0.467. The van der Waals surface area contributed by atoms with Gasteiger partial charge in [0.1, 0.15) is 6.07 Å². The van der Waals surface area contributed by atoms with Crippen molar-refractivity contribution in [3.8, 4) is 6.07 Å². The zero-order valence-corrected chi connectivity index (χ0v) is 17.7. The van der Waals surface area contributed by atoms with Gasteiger partial charge < -0.3 is 5.11 Å². The van der Waals surface area contributed by atoms with E-state index >= 15 is 0 Å². The van der Waals surface area contributed by atoms with Crippen LogP contribution in [0.3, 0.4) is 0 Å². The van der Waals surface area contributed by atoms with Crippen molar-refractivity contribution in [2.24, 2.45) is 40.9 Å². The second-order valence-corrected chi connectivity index (χ2v) is 11.0. The molecule has 0 aromatic carbocycles. The van der Waals surface area contributed by atoms with Gasteiger partial charge in [0.15, 0.2) is 5.78 Å². The Balaban J connectivity index is 1.32. The van der Waals surface area contributed by atoms with Crippen LogP contribution in [0, 0.1) is 52.3 Å². The van der Waals surface area contributed by atoms with Gasteiger partial charge in [-0.1, -0.05) is 6.92 Å². The molecule has 0 radical (unpaired) electrons. The number of carbonyl (C=O) groups is 1. The molecule has 4 saturated carbocycles. The van der Waals surface area contributed by atoms with E-state index in [9.17, 15) is 9.90 Å². The van der Waals surface area contributed by atoms with Crippen LogP contribution in [0.5, 0.6) is 0 Å². The lowest BCUT2D eigenvalue weighted by Gasteiger charge is -2.53. The molecule has 156 valence electrons. The summed E-state index contributed by atoms with van der Waals surface area (Å²) < 4.78 is 1.63. The van der Waals surface area contributed by atoms with Crippen molar-refractivity contribution in [3.63, 3.8) is 0 Å². The predicted molar refractivity (Wildman–Crippen MR) is 109 cm³/mol. The lowest BCUT2D eigenvalue weighted by molar-refractivity contribution is -0.130. The van der Waals surface area contributed by atoms with Crippen molar-refractivity contribution in [2.45, 2.75) is 77.4 Å². The molecule has 5 nitrogen and oxygen atoms in total. The number of aromatic nitrogens is 2. The first kappa shape index (κ1) is 19.3. The Morgan fingerprint density at radius 2 is 2.03 bits per heavy atom. The Kier molecular flexibility index (Phi) is 4.44. The summed E-state index contributed by atoms with van der Waals surface area (Å²) in [5, 5.41) is 23.8. The van der Waals surface area contributed by atoms with Crippen LogP contribution >= 0.6 is 0 Å². The van der Waals surface area contributed by atoms with E-state index in [2.05, 4.69) is 18.1 Å². The highest BCUT2D eigenvalue weighted by Crippen LogP contribution is 2.65. The summed E-state index contributed by atoms with van der Waals surface area (Å²) in [6.45, 7) is 4.70. The molecule has 0 bridgehead atoms. The maximum absolute atomic E-state index is 13.2. The fraction of sp³-hybridized carbons (Fsp3) is 0.792. The number of nitrogens with zero attached hydrogens (tertiary/aromatic N) is 3. The molecular weight excluding hydrogens is 362 g/mol. The third-order valence-electron chi connectivity index (χ3n) is 9.37. The second kappa shape index (κ2) is 6.67. The number of hydrogen-bond acceptors (Lipinski definition) is 4. The van der Waals surface area contributed by atoms with E-state index < -0.39 is 5.60 Å². The topological polar surface area (TPSA) is 78.9 Å². The standard InChI is InChI=1S/C24H33N3O2/c1-23(29)9-16-3-4-18-17(19(16)10-23)7-8-24(2)20(18)5-6-21(24)22(28)14-27-13-15(11-25)12-26-27/h12-13,16-21,29H,3-10,14H2,1-2H3/t16-,17+,18-,19+,20+,21-,23+,24+/m1/s1. The summed E-state index contributed by atoms with van der Waals surface area (Å²) in [7, 11) is 0. The predicted octanol–water partition coefficient (Wildman–Crippen LogP) is 3.95. The first-order chi connectivity index (χ1) is 13.8. The Hall–Kier alpha value is -1.67. The summed E-state index contributed by atoms with van der Waals surface area (Å²) in [4.78, 5) is 13.2. The van der Waals surface area contributed by atoms with Gasteiger partial charge in [0.05, 0.1) is 23.9 Å². The van der Waals surface area contributed by atoms with Crippen LogP contribution in [0.1, 0.15) is 70.8 Å². The van der Waals surface area contributed by atoms with Gasteiger partial charge >= 0.3 is 0 Å². The molecule has 8 atom stereocenters. The molecule has 4 fully saturated rings. The molecule has 0 spiro atoms. The number of aliphatic hydroxyl groups is 1. The summed E-state index contributed by atoms with van der Waals surface area (Å²) in [5.41, 5.74) is 0.154. The van der Waals surface area contributed by atoms with Crippen LogP contribution < -0.4 is 0 Å². The molecule has 1 N–H and O–H groups in total. The molecule has 4 aliphatic rings. The van der Waals surface area contributed by atoms with Crippen molar-refractivity contribution >= 4 is 5.78 Å². The maximum atomic E-state index is 13.2. The summed E-state index contributed by atoms with van der Waals surface area (Å²) in [6, 6.07) is 2.09. The number of hydrogen-bond donors (Lipinski definition) is 1. The summed E-state index contributed by atoms with van der Waals surface area (Å²) in [6.07, 6.45) is 12.3. The third kappa shape index (κ3) is 3.06. The molecule has 5 rings (SSSR count). The molecule has 5 heteroatoms. The van der Waals surface area contributed by atoms with E-state index in [0.29, 0.717) is 29.1 Å². The van der Waals surface area contributed by atoms with Crippen molar-refractivity contribution in [3.05, 3.63) is 18.0 Å². The average Bonchev–Trinajstić information content (AvgIpc) is 3.34. The van der Waals surface area contributed by atoms with Gasteiger partial charge in [-0.05, 0) is 93.3 Å². The van der Waals surface area contributed by atoms with Crippen molar-refractivity contribution in [2.75, 3.05) is 0 Å². The molecule has 4 aliphatic carbocycles. The van der Waals surface area contributed by atoms with Crippen LogP contribution in [0.4, 0.5) is 0 Å². The van der Waals surface area contributed by atoms with Crippen LogP contribution in [-0.2, 0) is 11.3 Å². The number of fused-ring (bicyclic) bond motifs is 5. The van der Waals surface area contributed by atoms with Crippen LogP contribution in [0.25, 0.3) is 0 Å². The fourth-order valence-corrected chi connectivity index (χ4v) is 8.27. The van der Waals surface area contributed by atoms with Gasteiger partial charge in [-0.15, -0.1) is 0 Å². The number of rotatable bonds is 3. The fourth-order valence-electron chi connectivity index (χ4n) is 8.27. The van der Waals surface area contributed by atoms with Crippen molar-refractivity contribution < 1.29 is 9.90 Å². The number of carbonyl (C=O) groups excluding carboxylic acids is 1. The van der Waals surface area contributed by atoms with Gasteiger partial charge in [0.25, 0.3) is 0 Å². The molecule has 1 aromatic heterocycles. The van der Waals surface area contributed by atoms with E-state index in [1.165, 1.54) is 31.9 Å². The summed E-state index contributed by atoms with van der Waals surface area (Å²) in [5.74, 6) is 3.94. The molecule has 0 aliphatic heterocycles. The zero-order valence-electron chi connectivity index (χ0n) is 17.7. The Morgan fingerprint density at radius 1 is 1.21 bits per heavy atom. The highest BCUT2D eigenvalue weighted by Gasteiger charge is 2.59. The lowest BCUT2D eigenvalue weighted by atomic mass is 9.51. The lowest BCUT2D eigenvalue weighted by Crippen LogP contribution is -2.47. The highest BCUT2D eigenvalue weighted by atomic mass is 16.3. The van der Waals surface area contributed by atoms with Crippen molar-refractivity contribution in [1.82, 2.24) is 9.78 Å². The Bertz CT molecular complexity index is 853. The monoisotopic (exact) mass is 395 g/mol. The van der Waals surface area contributed by atoms with E-state index in [1.807, 2.05) is 6.92 Å². The van der Waals surface area contributed by atoms with Crippen LogP contribution in [-0.4, -0.2) is 26.3 Å². The van der Waals surface area contributed by atoms with E-state index in [-0.39, 0.29) is 17.9 Å². The van der Waals surface area contributed by atoms with Crippen LogP contribution in [0.2, 0.25) is 0 Å². The highest BCUT2D eigenvalue weighted by molar-refractivity contribution is 5.82. The van der Waals surface area contributed by atoms with Crippen molar-refractivity contribution in [1.29, 1.82) is 5.26 Å². The van der Waals surface area contributed by atoms with Gasteiger partial charge in [-0.25, -0.2) is 0 Å². The van der Waals surface area contributed by atoms with Gasteiger partial charge in [0, 0.05) is 12.1 Å². The van der Waals surface area contributed by atoms with E-state index in [4.69, 9.17) is 5.26 Å². The Morgan fingerprint density at radius 3 is 2.79 bits per heavy atom. The molecule has 0 amide bonds. The molecule has 1 aromatic rings. The SMILES string of the molecule is C[C@]1(O)C[C@H]2CC[C@@H]3[C@H](CC[C@]4(C)[C@@H](C(=O)Cn5cc(C#N)cn5)CC[C@@H]34)[C@H]2C1. The normalized spacial score (nSPS) is 45.9. The average molecular weight is 396 g/mol. The molecular formula is C24H33N3O2. The Labute approximate surface area is 173 Å². The third-order valence-corrected chi connectivity index (χ3v) is 9.37.